The Hall–Kier alpha value is -2.96. The second-order valence-corrected chi connectivity index (χ2v) is 9.94. The number of aliphatic hydroxyl groups excluding tert-OH is 3. The van der Waals surface area contributed by atoms with Gasteiger partial charge in [0, 0.05) is 38.3 Å². The molecule has 0 bridgehead atoms. The number of rotatable bonds is 21. The van der Waals surface area contributed by atoms with Crippen molar-refractivity contribution in [1.29, 1.82) is 5.41 Å². The van der Waals surface area contributed by atoms with Crippen LogP contribution in [0.4, 0.5) is 5.69 Å². The van der Waals surface area contributed by atoms with Gasteiger partial charge < -0.3 is 58.7 Å². The molecule has 0 unspecified atom stereocenters. The number of nitrogens with zero attached hydrogens (tertiary/aromatic N) is 1. The Kier molecular flexibility index (Phi) is 28.0. The fraction of sp³-hybridized carbons (Fsp3) is 0.593. The van der Waals surface area contributed by atoms with Crippen molar-refractivity contribution in [3.8, 4) is 0 Å². The fourth-order valence-corrected chi connectivity index (χ4v) is 3.93. The Morgan fingerprint density at radius 2 is 1.35 bits per heavy atom. The van der Waals surface area contributed by atoms with Crippen LogP contribution in [0, 0.1) is 5.41 Å². The van der Waals surface area contributed by atoms with E-state index in [-0.39, 0.29) is 75.1 Å². The first kappa shape index (κ1) is 47.4. The van der Waals surface area contributed by atoms with E-state index in [0.29, 0.717) is 44.3 Å². The molecule has 0 saturated carbocycles. The molecule has 3 atom stereocenters. The molecule has 16 nitrogen and oxygen atoms in total. The number of anilines is 1. The van der Waals surface area contributed by atoms with E-state index in [4.69, 9.17) is 27.7 Å². The molecule has 0 heterocycles. The highest BCUT2D eigenvalue weighted by molar-refractivity contribution is 5.90. The maximum absolute atomic E-state index is 12.5. The number of carbonyl (C=O) groups is 4. The van der Waals surface area contributed by atoms with Crippen LogP contribution >= 0.6 is 37.2 Å². The monoisotopic (exact) mass is 717 g/mol. The van der Waals surface area contributed by atoms with Gasteiger partial charge in [-0.1, -0.05) is 12.1 Å². The number of halogens is 3. The third-order valence-corrected chi connectivity index (χ3v) is 6.35. The average Bonchev–Trinajstić information content (AvgIpc) is 2.99. The van der Waals surface area contributed by atoms with E-state index >= 15 is 0 Å². The van der Waals surface area contributed by atoms with Crippen molar-refractivity contribution in [1.82, 2.24) is 20.9 Å². The highest BCUT2D eigenvalue weighted by Crippen LogP contribution is 2.11. The van der Waals surface area contributed by atoms with Gasteiger partial charge in [-0.15, -0.1) is 37.2 Å². The first-order valence-corrected chi connectivity index (χ1v) is 14.2. The maximum atomic E-state index is 12.5. The number of nitrogens with one attached hydrogen (secondary N) is 5. The maximum Gasteiger partial charge on any atom is 0.244 e. The van der Waals surface area contributed by atoms with E-state index < -0.39 is 55.7 Å². The summed E-state index contributed by atoms with van der Waals surface area (Å²) in [5.41, 5.74) is 18.1. The van der Waals surface area contributed by atoms with Crippen LogP contribution in [0.3, 0.4) is 0 Å². The van der Waals surface area contributed by atoms with Crippen molar-refractivity contribution in [3.05, 3.63) is 29.8 Å². The van der Waals surface area contributed by atoms with Gasteiger partial charge in [-0.25, -0.2) is 0 Å². The molecular formula is C27H50Cl3N9O7. The minimum absolute atomic E-state index is 0. The lowest BCUT2D eigenvalue weighted by molar-refractivity contribution is -0.133. The Bertz CT molecular complexity index is 1040. The Morgan fingerprint density at radius 1 is 0.783 bits per heavy atom. The van der Waals surface area contributed by atoms with Gasteiger partial charge in [0.25, 0.3) is 0 Å². The number of nitrogens with two attached hydrogens (primary N) is 3. The van der Waals surface area contributed by atoms with E-state index in [1.807, 2.05) is 12.1 Å². The Morgan fingerprint density at radius 3 is 1.91 bits per heavy atom. The molecule has 0 fully saturated rings. The normalized spacial score (nSPS) is 12.0. The zero-order valence-electron chi connectivity index (χ0n) is 25.6. The molecule has 266 valence electrons. The average molecular weight is 719 g/mol. The number of carbonyl (C=O) groups excluding carboxylic acids is 4. The Labute approximate surface area is 287 Å². The number of guanidine groups is 1. The van der Waals surface area contributed by atoms with Crippen LogP contribution in [-0.4, -0.2) is 114 Å². The minimum Gasteiger partial charge on any atom is -0.394 e. The van der Waals surface area contributed by atoms with Crippen LogP contribution in [0.1, 0.15) is 37.7 Å². The van der Waals surface area contributed by atoms with E-state index in [1.165, 1.54) is 4.90 Å². The van der Waals surface area contributed by atoms with Crippen LogP contribution in [0.2, 0.25) is 0 Å². The number of aryl methyl sites for hydroxylation is 1. The molecule has 0 radical (unpaired) electrons. The summed E-state index contributed by atoms with van der Waals surface area (Å²) in [7, 11) is 0. The molecule has 1 aromatic rings. The zero-order valence-corrected chi connectivity index (χ0v) is 28.1. The Balaban J connectivity index is -0.00000616. The van der Waals surface area contributed by atoms with E-state index in [9.17, 15) is 29.4 Å². The largest absolute Gasteiger partial charge is 0.394 e. The topological polar surface area (TPSA) is 282 Å². The van der Waals surface area contributed by atoms with Gasteiger partial charge in [0.15, 0.2) is 5.96 Å². The minimum atomic E-state index is -1.10. The highest BCUT2D eigenvalue weighted by Gasteiger charge is 2.21. The molecule has 0 spiro atoms. The summed E-state index contributed by atoms with van der Waals surface area (Å²) >= 11 is 0. The fourth-order valence-electron chi connectivity index (χ4n) is 3.93. The summed E-state index contributed by atoms with van der Waals surface area (Å²) in [6.45, 7) is -0.553. The highest BCUT2D eigenvalue weighted by atomic mass is 35.5. The van der Waals surface area contributed by atoms with Crippen molar-refractivity contribution in [3.63, 3.8) is 0 Å². The predicted molar refractivity (Wildman–Crippen MR) is 182 cm³/mol. The SMILES string of the molecule is Cl.Cl.Cl.N=C(N)Nc1ccc(CCCC(=O)N[C@@H](CO)C(=O)NCCCCN(CCCNC(=O)[C@@H](N)CO)C(=O)[C@@H](N)CO)cc1. The predicted octanol–water partition coefficient (Wildman–Crippen LogP) is -2.07. The van der Waals surface area contributed by atoms with E-state index in [1.54, 1.807) is 12.1 Å². The van der Waals surface area contributed by atoms with Gasteiger partial charge >= 0.3 is 0 Å². The van der Waals surface area contributed by atoms with Crippen LogP contribution < -0.4 is 38.5 Å². The summed E-state index contributed by atoms with van der Waals surface area (Å²) < 4.78 is 0. The number of unbranched alkanes of at least 4 members (excludes halogenated alkanes) is 1. The number of aliphatic hydroxyl groups is 3. The lowest BCUT2D eigenvalue weighted by Crippen LogP contribution is -2.49. The molecule has 46 heavy (non-hydrogen) atoms. The lowest BCUT2D eigenvalue weighted by Gasteiger charge is -2.25. The first-order chi connectivity index (χ1) is 20.5. The smallest absolute Gasteiger partial charge is 0.244 e. The summed E-state index contributed by atoms with van der Waals surface area (Å²) in [5.74, 6) is -2.02. The summed E-state index contributed by atoms with van der Waals surface area (Å²) in [6, 6.07) is 4.08. The number of hydrogen-bond donors (Lipinski definition) is 11. The second-order valence-electron chi connectivity index (χ2n) is 9.94. The van der Waals surface area contributed by atoms with Crippen LogP contribution in [0.5, 0.6) is 0 Å². The molecule has 0 aliphatic carbocycles. The third-order valence-electron chi connectivity index (χ3n) is 6.35. The quantitative estimate of drug-likeness (QED) is 0.0373. The lowest BCUT2D eigenvalue weighted by atomic mass is 10.1. The molecule has 0 aromatic heterocycles. The van der Waals surface area contributed by atoms with Gasteiger partial charge in [-0.05, 0) is 49.8 Å². The molecule has 0 saturated heterocycles. The van der Waals surface area contributed by atoms with Gasteiger partial charge in [0.1, 0.15) is 18.1 Å². The molecule has 1 aromatic carbocycles. The molecule has 0 aliphatic heterocycles. The summed E-state index contributed by atoms with van der Waals surface area (Å²) in [5, 5.41) is 45.5. The van der Waals surface area contributed by atoms with Crippen molar-refractivity contribution in [2.24, 2.45) is 17.2 Å². The van der Waals surface area contributed by atoms with E-state index in [0.717, 1.165) is 5.56 Å². The molecule has 4 amide bonds. The third kappa shape index (κ3) is 19.5. The van der Waals surface area contributed by atoms with Gasteiger partial charge in [-0.3, -0.25) is 24.6 Å². The van der Waals surface area contributed by atoms with Crippen molar-refractivity contribution >= 4 is 72.5 Å². The van der Waals surface area contributed by atoms with Crippen LogP contribution in [-0.2, 0) is 25.6 Å². The number of hydrogen-bond acceptors (Lipinski definition) is 10. The standard InChI is InChI=1S/C27H47N9O7.3ClH/c28-20(15-37)24(41)32-12-4-14-36(26(43)21(29)16-38)13-2-1-11-33-25(42)22(17-39)35-23(40)6-3-5-18-7-9-19(10-8-18)34-27(30)31;;;/h7-10,20-22,37-39H,1-6,11-17,28-29H2,(H,32,41)(H,33,42)(H,35,40)(H4,30,31,34);3*1H/t20-,21-,22-;;;/m0.../s1. The van der Waals surface area contributed by atoms with Gasteiger partial charge in [-0.2, -0.15) is 0 Å². The summed E-state index contributed by atoms with van der Waals surface area (Å²) in [4.78, 5) is 50.4. The number of amides is 4. The first-order valence-electron chi connectivity index (χ1n) is 14.2. The van der Waals surface area contributed by atoms with E-state index in [2.05, 4.69) is 21.3 Å². The molecule has 14 N–H and O–H groups in total. The van der Waals surface area contributed by atoms with Crippen molar-refractivity contribution in [2.45, 2.75) is 56.7 Å². The number of benzene rings is 1. The van der Waals surface area contributed by atoms with Crippen LogP contribution in [0.15, 0.2) is 24.3 Å². The summed E-state index contributed by atoms with van der Waals surface area (Å²) in [6.07, 6.45) is 2.69. The van der Waals surface area contributed by atoms with Crippen LogP contribution in [0.25, 0.3) is 0 Å². The molecule has 1 rings (SSSR count). The van der Waals surface area contributed by atoms with Crippen molar-refractivity contribution < 1.29 is 34.5 Å². The molecule has 0 aliphatic rings. The molecular weight excluding hydrogens is 669 g/mol. The van der Waals surface area contributed by atoms with Gasteiger partial charge in [0.05, 0.1) is 19.8 Å². The van der Waals surface area contributed by atoms with Crippen molar-refractivity contribution in [2.75, 3.05) is 51.3 Å². The zero-order chi connectivity index (χ0) is 32.2. The van der Waals surface area contributed by atoms with Gasteiger partial charge in [0.2, 0.25) is 23.6 Å². The molecule has 19 heteroatoms. The second kappa shape index (κ2) is 27.2.